The molecule has 0 aliphatic heterocycles. The van der Waals surface area contributed by atoms with E-state index in [-0.39, 0.29) is 17.1 Å². The van der Waals surface area contributed by atoms with E-state index < -0.39 is 17.9 Å². The second-order valence-electron chi connectivity index (χ2n) is 2.89. The molecule has 0 aliphatic carbocycles. The molecule has 0 saturated heterocycles. The molecule has 1 atom stereocenters. The van der Waals surface area contributed by atoms with Crippen molar-refractivity contribution in [2.45, 2.75) is 25.3 Å². The van der Waals surface area contributed by atoms with Gasteiger partial charge < -0.3 is 16.2 Å². The van der Waals surface area contributed by atoms with Crippen LogP contribution >= 0.6 is 0 Å². The third kappa shape index (κ3) is 8.17. The number of amides is 1. The van der Waals surface area contributed by atoms with E-state index in [2.05, 4.69) is 11.9 Å². The van der Waals surface area contributed by atoms with E-state index >= 15 is 0 Å². The molecule has 0 aliphatic rings. The molecule has 0 saturated carbocycles. The molecule has 5 nitrogen and oxygen atoms in total. The largest absolute Gasteiger partial charge is 0.480 e. The molecular weight excluding hydrogens is 248 g/mol. The van der Waals surface area contributed by atoms with Crippen LogP contribution in [0.2, 0.25) is 0 Å². The summed E-state index contributed by atoms with van der Waals surface area (Å²) in [7, 11) is 0. The van der Waals surface area contributed by atoms with Gasteiger partial charge in [0.05, 0.1) is 0 Å². The summed E-state index contributed by atoms with van der Waals surface area (Å²) >= 11 is 0. The maximum atomic E-state index is 10.8. The summed E-state index contributed by atoms with van der Waals surface area (Å²) in [4.78, 5) is 21.5. The average Bonchev–Trinajstić information content (AvgIpc) is 2.16. The number of unbranched alkanes of at least 4 members (excludes halogenated alkanes) is 1. The molecule has 91 valence electrons. The molecule has 1 radical (unpaired) electrons. The Labute approximate surface area is 99.6 Å². The molecule has 0 aromatic carbocycles. The van der Waals surface area contributed by atoms with Gasteiger partial charge in [-0.1, -0.05) is 6.58 Å². The molecule has 1 amide bonds. The minimum atomic E-state index is -1.03. The quantitative estimate of drug-likeness (QED) is 0.339. The number of hydrogen-bond acceptors (Lipinski definition) is 3. The van der Waals surface area contributed by atoms with Crippen molar-refractivity contribution in [3.05, 3.63) is 12.7 Å². The van der Waals surface area contributed by atoms with Crippen molar-refractivity contribution in [2.75, 3.05) is 6.54 Å². The number of carboxylic acid groups (broad SMARTS) is 1. The number of carboxylic acids is 1. The maximum Gasteiger partial charge on any atom is 0.326 e. The van der Waals surface area contributed by atoms with Crippen LogP contribution in [0, 0.1) is 0 Å². The summed E-state index contributed by atoms with van der Waals surface area (Å²) in [5.41, 5.74) is 5.27. The number of aliphatic carboxylic acids is 1. The first-order valence-corrected chi connectivity index (χ1v) is 4.47. The summed E-state index contributed by atoms with van der Waals surface area (Å²) in [6, 6.07) is -0.841. The van der Waals surface area contributed by atoms with Crippen molar-refractivity contribution >= 4 is 11.9 Å². The van der Waals surface area contributed by atoms with Gasteiger partial charge in [-0.2, -0.15) is 0 Å². The summed E-state index contributed by atoms with van der Waals surface area (Å²) < 4.78 is 0. The molecule has 0 rings (SSSR count). The fourth-order valence-electron chi connectivity index (χ4n) is 0.981. The maximum absolute atomic E-state index is 10.8. The summed E-state index contributed by atoms with van der Waals surface area (Å²) in [5.74, 6) is -1.50. The van der Waals surface area contributed by atoms with Crippen molar-refractivity contribution in [3.8, 4) is 0 Å². The van der Waals surface area contributed by atoms with Crippen LogP contribution in [0.25, 0.3) is 0 Å². The molecule has 0 aromatic rings. The van der Waals surface area contributed by atoms with Gasteiger partial charge in [0.2, 0.25) is 5.91 Å². The second kappa shape index (κ2) is 9.70. The monoisotopic (exact) mass is 263 g/mol. The molecular formula is C9H16CuN2O3. The zero-order valence-corrected chi connectivity index (χ0v) is 9.27. The van der Waals surface area contributed by atoms with Crippen molar-refractivity contribution in [1.29, 1.82) is 0 Å². The predicted molar refractivity (Wildman–Crippen MR) is 52.7 cm³/mol. The van der Waals surface area contributed by atoms with E-state index in [9.17, 15) is 9.59 Å². The molecule has 15 heavy (non-hydrogen) atoms. The van der Waals surface area contributed by atoms with E-state index in [1.807, 2.05) is 0 Å². The van der Waals surface area contributed by atoms with Crippen molar-refractivity contribution < 1.29 is 31.8 Å². The minimum Gasteiger partial charge on any atom is -0.480 e. The van der Waals surface area contributed by atoms with Gasteiger partial charge >= 0.3 is 5.97 Å². The fraction of sp³-hybridized carbons (Fsp3) is 0.556. The molecule has 6 heteroatoms. The van der Waals surface area contributed by atoms with Crippen molar-refractivity contribution in [3.63, 3.8) is 0 Å². The zero-order chi connectivity index (χ0) is 11.0. The molecule has 0 unspecified atom stereocenters. The van der Waals surface area contributed by atoms with Crippen LogP contribution in [0.4, 0.5) is 0 Å². The standard InChI is InChI=1S/C9H16N2O3.Cu/c1-2-8(12)11-7(9(13)14)5-3-4-6-10;/h2,7H,1,3-6,10H2,(H,11,12)(H,13,14);/t7-;/m0./s1. The van der Waals surface area contributed by atoms with Crippen LogP contribution in [-0.2, 0) is 26.7 Å². The molecule has 0 spiro atoms. The Kier molecular flexibility index (Phi) is 10.7. The van der Waals surface area contributed by atoms with E-state index in [0.717, 1.165) is 12.5 Å². The first kappa shape index (κ1) is 16.6. The van der Waals surface area contributed by atoms with E-state index in [4.69, 9.17) is 10.8 Å². The fourth-order valence-corrected chi connectivity index (χ4v) is 0.981. The Morgan fingerprint density at radius 3 is 2.47 bits per heavy atom. The van der Waals surface area contributed by atoms with E-state index in [1.54, 1.807) is 0 Å². The van der Waals surface area contributed by atoms with Gasteiger partial charge in [-0.25, -0.2) is 4.79 Å². The van der Waals surface area contributed by atoms with Gasteiger partial charge in [0, 0.05) is 17.1 Å². The predicted octanol–water partition coefficient (Wildman–Crippen LogP) is -0.132. The SMILES string of the molecule is C=CC(=O)N[C@@H](CCCCN)C(=O)O.[Cu]. The van der Waals surface area contributed by atoms with Gasteiger partial charge in [-0.3, -0.25) is 4.79 Å². The number of nitrogens with one attached hydrogen (secondary N) is 1. The van der Waals surface area contributed by atoms with Crippen LogP contribution in [0.3, 0.4) is 0 Å². The Hall–Kier alpha value is -0.841. The molecule has 4 N–H and O–H groups in total. The van der Waals surface area contributed by atoms with Gasteiger partial charge in [0.1, 0.15) is 6.04 Å². The summed E-state index contributed by atoms with van der Waals surface area (Å²) in [6.07, 6.45) is 2.89. The number of carbonyl (C=O) groups is 2. The topological polar surface area (TPSA) is 92.4 Å². The van der Waals surface area contributed by atoms with E-state index in [0.29, 0.717) is 19.4 Å². The second-order valence-corrected chi connectivity index (χ2v) is 2.89. The van der Waals surface area contributed by atoms with Crippen molar-refractivity contribution in [1.82, 2.24) is 5.32 Å². The third-order valence-electron chi connectivity index (χ3n) is 1.75. The van der Waals surface area contributed by atoms with Crippen LogP contribution in [0.5, 0.6) is 0 Å². The van der Waals surface area contributed by atoms with Crippen LogP contribution < -0.4 is 11.1 Å². The zero-order valence-electron chi connectivity index (χ0n) is 8.33. The van der Waals surface area contributed by atoms with Gasteiger partial charge in [0.15, 0.2) is 0 Å². The smallest absolute Gasteiger partial charge is 0.326 e. The number of hydrogen-bond donors (Lipinski definition) is 3. The Balaban J connectivity index is 0. The van der Waals surface area contributed by atoms with E-state index in [1.165, 1.54) is 0 Å². The third-order valence-corrected chi connectivity index (χ3v) is 1.75. The Bertz CT molecular complexity index is 221. The molecule has 0 aromatic heterocycles. The van der Waals surface area contributed by atoms with Crippen LogP contribution in [-0.4, -0.2) is 29.6 Å². The van der Waals surface area contributed by atoms with Crippen molar-refractivity contribution in [2.24, 2.45) is 5.73 Å². The van der Waals surface area contributed by atoms with Gasteiger partial charge in [-0.15, -0.1) is 0 Å². The molecule has 0 bridgehead atoms. The van der Waals surface area contributed by atoms with Crippen LogP contribution in [0.15, 0.2) is 12.7 Å². The number of rotatable bonds is 7. The summed E-state index contributed by atoms with van der Waals surface area (Å²) in [5, 5.41) is 11.1. The van der Waals surface area contributed by atoms with Crippen LogP contribution in [0.1, 0.15) is 19.3 Å². The summed E-state index contributed by atoms with van der Waals surface area (Å²) in [6.45, 7) is 3.77. The normalized spacial score (nSPS) is 11.0. The molecule has 0 heterocycles. The molecule has 0 fully saturated rings. The Morgan fingerprint density at radius 1 is 1.47 bits per heavy atom. The first-order valence-electron chi connectivity index (χ1n) is 4.47. The minimum absolute atomic E-state index is 0. The number of nitrogens with two attached hydrogens (primary N) is 1. The number of carbonyl (C=O) groups excluding carboxylic acids is 1. The Morgan fingerprint density at radius 2 is 2.07 bits per heavy atom. The van der Waals surface area contributed by atoms with Gasteiger partial charge in [0.25, 0.3) is 0 Å². The van der Waals surface area contributed by atoms with Gasteiger partial charge in [-0.05, 0) is 31.9 Å². The average molecular weight is 264 g/mol. The first-order chi connectivity index (χ1) is 6.61.